The molecule has 0 amide bonds. The first-order chi connectivity index (χ1) is 29.5. The quantitative estimate of drug-likeness (QED) is 0.0263. The predicted octanol–water partition coefficient (Wildman–Crippen LogP) is 16.5. The van der Waals surface area contributed by atoms with E-state index in [2.05, 4.69) is 81.5 Å². The summed E-state index contributed by atoms with van der Waals surface area (Å²) in [5.41, 5.74) is 0. The van der Waals surface area contributed by atoms with Crippen LogP contribution in [0.5, 0.6) is 0 Å². The molecule has 0 aromatic rings. The van der Waals surface area contributed by atoms with Crippen LogP contribution in [0.25, 0.3) is 0 Å². The van der Waals surface area contributed by atoms with Crippen molar-refractivity contribution < 1.29 is 28.6 Å². The lowest BCUT2D eigenvalue weighted by Gasteiger charge is -2.18. The molecular weight excluding hydrogens is 745 g/mol. The lowest BCUT2D eigenvalue weighted by atomic mass is 10.1. The van der Waals surface area contributed by atoms with E-state index in [1.807, 2.05) is 0 Å². The Labute approximate surface area is 370 Å². The summed E-state index contributed by atoms with van der Waals surface area (Å²) >= 11 is 0. The van der Waals surface area contributed by atoms with E-state index in [9.17, 15) is 14.4 Å². The molecular formula is C54H94O6. The fourth-order valence-corrected chi connectivity index (χ4v) is 6.82. The molecule has 0 N–H and O–H groups in total. The number of rotatable bonds is 45. The maximum absolute atomic E-state index is 12.8. The number of esters is 3. The van der Waals surface area contributed by atoms with Crippen LogP contribution in [-0.4, -0.2) is 37.2 Å². The summed E-state index contributed by atoms with van der Waals surface area (Å²) in [4.78, 5) is 37.9. The fourth-order valence-electron chi connectivity index (χ4n) is 6.82. The topological polar surface area (TPSA) is 78.9 Å². The Balaban J connectivity index is 4.40. The number of unbranched alkanes of at least 4 members (excludes halogenated alkanes) is 24. The molecule has 0 unspecified atom stereocenters. The van der Waals surface area contributed by atoms with Crippen LogP contribution in [-0.2, 0) is 28.6 Å². The van der Waals surface area contributed by atoms with Crippen LogP contribution in [0.4, 0.5) is 0 Å². The fraction of sp³-hybridized carbons (Fsp3) is 0.759. The van der Waals surface area contributed by atoms with E-state index in [0.717, 1.165) is 103 Å². The van der Waals surface area contributed by atoms with Crippen molar-refractivity contribution in [2.45, 2.75) is 252 Å². The summed E-state index contributed by atoms with van der Waals surface area (Å²) in [5, 5.41) is 0. The molecule has 0 aliphatic rings. The number of ether oxygens (including phenoxy) is 3. The molecule has 60 heavy (non-hydrogen) atoms. The van der Waals surface area contributed by atoms with Gasteiger partial charge in [0.1, 0.15) is 13.2 Å². The molecule has 0 bridgehead atoms. The summed E-state index contributed by atoms with van der Waals surface area (Å²) in [6.07, 6.45) is 59.1. The molecule has 6 nitrogen and oxygen atoms in total. The van der Waals surface area contributed by atoms with Gasteiger partial charge < -0.3 is 14.2 Å². The summed E-state index contributed by atoms with van der Waals surface area (Å²) in [5.74, 6) is -0.917. The number of hydrogen-bond donors (Lipinski definition) is 0. The lowest BCUT2D eigenvalue weighted by molar-refractivity contribution is -0.167. The maximum atomic E-state index is 12.8. The number of allylic oxidation sites excluding steroid dienone is 10. The molecule has 0 aromatic heterocycles. The average molecular weight is 839 g/mol. The van der Waals surface area contributed by atoms with E-state index in [1.165, 1.54) is 103 Å². The highest BCUT2D eigenvalue weighted by atomic mass is 16.6. The third-order valence-corrected chi connectivity index (χ3v) is 10.7. The molecule has 346 valence electrons. The number of carbonyl (C=O) groups is 3. The second kappa shape index (κ2) is 48.8. The maximum Gasteiger partial charge on any atom is 0.306 e. The van der Waals surface area contributed by atoms with E-state index in [1.54, 1.807) is 0 Å². The summed E-state index contributed by atoms with van der Waals surface area (Å²) in [6.45, 7) is 6.51. The van der Waals surface area contributed by atoms with Gasteiger partial charge in [-0.15, -0.1) is 0 Å². The molecule has 0 radical (unpaired) electrons. The Morgan fingerprint density at radius 3 is 0.983 bits per heavy atom. The summed E-state index contributed by atoms with van der Waals surface area (Å²) in [7, 11) is 0. The lowest BCUT2D eigenvalue weighted by Crippen LogP contribution is -2.30. The minimum absolute atomic E-state index is 0.0868. The molecule has 0 aromatic carbocycles. The van der Waals surface area contributed by atoms with Crippen molar-refractivity contribution in [1.29, 1.82) is 0 Å². The van der Waals surface area contributed by atoms with Crippen LogP contribution >= 0.6 is 0 Å². The van der Waals surface area contributed by atoms with Crippen LogP contribution in [0.1, 0.15) is 245 Å². The monoisotopic (exact) mass is 839 g/mol. The first-order valence-electron chi connectivity index (χ1n) is 25.3. The van der Waals surface area contributed by atoms with Gasteiger partial charge in [0.25, 0.3) is 0 Å². The number of carbonyl (C=O) groups excluding carboxylic acids is 3. The van der Waals surface area contributed by atoms with Gasteiger partial charge in [0.2, 0.25) is 0 Å². The molecule has 0 heterocycles. The zero-order chi connectivity index (χ0) is 43.7. The van der Waals surface area contributed by atoms with E-state index in [4.69, 9.17) is 14.2 Å². The van der Waals surface area contributed by atoms with E-state index in [0.29, 0.717) is 19.3 Å². The van der Waals surface area contributed by atoms with Crippen molar-refractivity contribution in [3.05, 3.63) is 60.8 Å². The third-order valence-electron chi connectivity index (χ3n) is 10.7. The second-order valence-corrected chi connectivity index (χ2v) is 16.7. The van der Waals surface area contributed by atoms with Gasteiger partial charge >= 0.3 is 17.9 Å². The Morgan fingerprint density at radius 1 is 0.333 bits per heavy atom. The Kier molecular flexibility index (Phi) is 46.4. The molecule has 0 aliphatic carbocycles. The first-order valence-corrected chi connectivity index (χ1v) is 25.3. The van der Waals surface area contributed by atoms with E-state index < -0.39 is 6.10 Å². The number of hydrogen-bond acceptors (Lipinski definition) is 6. The Hall–Kier alpha value is -2.89. The van der Waals surface area contributed by atoms with Gasteiger partial charge in [0.15, 0.2) is 6.10 Å². The van der Waals surface area contributed by atoms with Crippen molar-refractivity contribution >= 4 is 17.9 Å². The van der Waals surface area contributed by atoms with E-state index in [-0.39, 0.29) is 31.1 Å². The van der Waals surface area contributed by atoms with Gasteiger partial charge in [-0.1, -0.05) is 191 Å². The zero-order valence-corrected chi connectivity index (χ0v) is 39.5. The standard InChI is InChI=1S/C54H94O6/c1-4-7-10-13-16-19-22-24-26-27-28-30-32-35-38-41-44-47-53(56)59-50-51(49-58-52(55)46-43-40-37-34-31-21-18-15-12-9-6-3)60-54(57)48-45-42-39-36-33-29-25-23-20-17-14-11-8-5-2/h14-19,23-26,51H,4-13,20-22,27-50H2,1-3H3/b17-14-,18-15-,19-16-,25-23-,26-24-/t51-/m1/s1. The zero-order valence-electron chi connectivity index (χ0n) is 39.5. The van der Waals surface area contributed by atoms with Gasteiger partial charge in [0.05, 0.1) is 0 Å². The molecule has 0 fully saturated rings. The second-order valence-electron chi connectivity index (χ2n) is 16.7. The highest BCUT2D eigenvalue weighted by Gasteiger charge is 2.19. The van der Waals surface area contributed by atoms with Crippen molar-refractivity contribution in [2.24, 2.45) is 0 Å². The van der Waals surface area contributed by atoms with Gasteiger partial charge in [-0.25, -0.2) is 0 Å². The molecule has 1 atom stereocenters. The normalized spacial score (nSPS) is 12.5. The molecule has 0 aliphatic heterocycles. The summed E-state index contributed by atoms with van der Waals surface area (Å²) < 4.78 is 16.7. The van der Waals surface area contributed by atoms with Crippen molar-refractivity contribution in [2.75, 3.05) is 13.2 Å². The molecule has 0 spiro atoms. The van der Waals surface area contributed by atoms with Gasteiger partial charge in [-0.05, 0) is 96.3 Å². The Morgan fingerprint density at radius 2 is 0.617 bits per heavy atom. The van der Waals surface area contributed by atoms with Crippen LogP contribution in [0, 0.1) is 0 Å². The highest BCUT2D eigenvalue weighted by molar-refractivity contribution is 5.71. The average Bonchev–Trinajstić information content (AvgIpc) is 3.24. The SMILES string of the molecule is CCCC/C=C\C/C=C\CCCCCCCC(=O)O[C@H](COC(=O)CCCCCCC/C=C\CCCC)COC(=O)CCCCCCCCC/C=C\C/C=C\CCCCC. The molecule has 0 saturated heterocycles. The third kappa shape index (κ3) is 46.2. The largest absolute Gasteiger partial charge is 0.462 e. The van der Waals surface area contributed by atoms with E-state index >= 15 is 0 Å². The highest BCUT2D eigenvalue weighted by Crippen LogP contribution is 2.14. The van der Waals surface area contributed by atoms with Gasteiger partial charge in [0, 0.05) is 19.3 Å². The minimum Gasteiger partial charge on any atom is -0.462 e. The van der Waals surface area contributed by atoms with Crippen molar-refractivity contribution in [3.63, 3.8) is 0 Å². The Bertz CT molecular complexity index is 1100. The van der Waals surface area contributed by atoms with Crippen molar-refractivity contribution in [3.8, 4) is 0 Å². The first kappa shape index (κ1) is 57.1. The molecule has 0 saturated carbocycles. The van der Waals surface area contributed by atoms with Gasteiger partial charge in [-0.2, -0.15) is 0 Å². The van der Waals surface area contributed by atoms with Gasteiger partial charge in [-0.3, -0.25) is 14.4 Å². The van der Waals surface area contributed by atoms with Crippen LogP contribution in [0.2, 0.25) is 0 Å². The smallest absolute Gasteiger partial charge is 0.306 e. The van der Waals surface area contributed by atoms with Crippen LogP contribution < -0.4 is 0 Å². The molecule has 6 heteroatoms. The van der Waals surface area contributed by atoms with Crippen LogP contribution in [0.3, 0.4) is 0 Å². The van der Waals surface area contributed by atoms with Crippen molar-refractivity contribution in [1.82, 2.24) is 0 Å². The van der Waals surface area contributed by atoms with Crippen LogP contribution in [0.15, 0.2) is 60.8 Å². The molecule has 0 rings (SSSR count). The minimum atomic E-state index is -0.786. The summed E-state index contributed by atoms with van der Waals surface area (Å²) in [6, 6.07) is 0. The predicted molar refractivity (Wildman–Crippen MR) is 256 cm³/mol.